The van der Waals surface area contributed by atoms with Crippen LogP contribution in [0.25, 0.3) is 0 Å². The molecule has 0 radical (unpaired) electrons. The average Bonchev–Trinajstić information content (AvgIpc) is 2.73. The number of aryl methyl sites for hydroxylation is 1. The zero-order valence-corrected chi connectivity index (χ0v) is 9.94. The van der Waals surface area contributed by atoms with Crippen molar-refractivity contribution in [1.82, 2.24) is 15.1 Å². The van der Waals surface area contributed by atoms with Gasteiger partial charge >= 0.3 is 0 Å². The Hall–Kier alpha value is -1.14. The highest BCUT2D eigenvalue weighted by molar-refractivity contribution is 7.94. The van der Waals surface area contributed by atoms with E-state index in [2.05, 4.69) is 10.4 Å². The van der Waals surface area contributed by atoms with Crippen LogP contribution in [-0.2, 0) is 23.3 Å². The summed E-state index contributed by atoms with van der Waals surface area (Å²) in [7, 11) is -1.07. The first-order chi connectivity index (χ1) is 7.55. The molecule has 0 saturated heterocycles. The van der Waals surface area contributed by atoms with E-state index in [1.54, 1.807) is 10.8 Å². The minimum absolute atomic E-state index is 0.0401. The molecule has 2 rings (SSSR count). The summed E-state index contributed by atoms with van der Waals surface area (Å²) in [6.07, 6.45) is 6.35. The Kier molecular flexibility index (Phi) is 3.11. The molecule has 0 saturated carbocycles. The van der Waals surface area contributed by atoms with Crippen LogP contribution in [0.1, 0.15) is 5.56 Å². The van der Waals surface area contributed by atoms with Gasteiger partial charge in [0, 0.05) is 24.7 Å². The van der Waals surface area contributed by atoms with Gasteiger partial charge in [0.05, 0.1) is 11.9 Å². The molecule has 6 heteroatoms. The molecule has 1 unspecified atom stereocenters. The van der Waals surface area contributed by atoms with Crippen LogP contribution < -0.4 is 5.32 Å². The molecular formula is C10H15N3O2S. The lowest BCUT2D eigenvalue weighted by Gasteiger charge is -2.08. The number of rotatable bonds is 4. The molecule has 5 nitrogen and oxygen atoms in total. The summed E-state index contributed by atoms with van der Waals surface area (Å²) in [5.41, 5.74) is 1.15. The van der Waals surface area contributed by atoms with E-state index in [4.69, 9.17) is 0 Å². The van der Waals surface area contributed by atoms with E-state index in [9.17, 15) is 8.42 Å². The van der Waals surface area contributed by atoms with Crippen molar-refractivity contribution in [3.63, 3.8) is 0 Å². The van der Waals surface area contributed by atoms with Crippen LogP contribution in [0.2, 0.25) is 0 Å². The third kappa shape index (κ3) is 2.93. The molecule has 0 bridgehead atoms. The summed E-state index contributed by atoms with van der Waals surface area (Å²) < 4.78 is 24.0. The molecule has 0 spiro atoms. The second-order valence-corrected chi connectivity index (χ2v) is 5.92. The Morgan fingerprint density at radius 1 is 1.62 bits per heavy atom. The molecule has 88 valence electrons. The molecule has 1 N–H and O–H groups in total. The summed E-state index contributed by atoms with van der Waals surface area (Å²) in [4.78, 5) is 0. The largest absolute Gasteiger partial charge is 0.309 e. The maximum absolute atomic E-state index is 11.1. The molecular weight excluding hydrogens is 226 g/mol. The van der Waals surface area contributed by atoms with Crippen molar-refractivity contribution in [2.24, 2.45) is 7.05 Å². The number of nitrogens with one attached hydrogen (secondary N) is 1. The normalized spacial score (nSPS) is 22.7. The van der Waals surface area contributed by atoms with Gasteiger partial charge in [-0.15, -0.1) is 0 Å². The van der Waals surface area contributed by atoms with Crippen molar-refractivity contribution in [3.05, 3.63) is 29.4 Å². The summed E-state index contributed by atoms with van der Waals surface area (Å²) in [5.74, 6) is 0.181. The van der Waals surface area contributed by atoms with Crippen LogP contribution in [0, 0.1) is 0 Å². The van der Waals surface area contributed by atoms with Gasteiger partial charge in [-0.05, 0) is 18.5 Å². The molecule has 0 fully saturated rings. The highest BCUT2D eigenvalue weighted by atomic mass is 32.2. The summed E-state index contributed by atoms with van der Waals surface area (Å²) in [6, 6.07) is -0.0401. The maximum atomic E-state index is 11.1. The fourth-order valence-electron chi connectivity index (χ4n) is 1.71. The molecule has 2 heterocycles. The summed E-state index contributed by atoms with van der Waals surface area (Å²) in [5, 5.41) is 8.55. The van der Waals surface area contributed by atoms with Gasteiger partial charge in [-0.2, -0.15) is 5.10 Å². The number of nitrogens with zero attached hydrogens (tertiary/aromatic N) is 2. The molecule has 0 amide bonds. The minimum atomic E-state index is -2.95. The second-order valence-electron chi connectivity index (χ2n) is 3.99. The Morgan fingerprint density at radius 3 is 3.00 bits per heavy atom. The van der Waals surface area contributed by atoms with Gasteiger partial charge in [-0.1, -0.05) is 6.08 Å². The average molecular weight is 241 g/mol. The SMILES string of the molecule is Cn1cc(CCNC2C=CS(=O)(=O)C2)cn1. The van der Waals surface area contributed by atoms with E-state index in [-0.39, 0.29) is 11.8 Å². The zero-order chi connectivity index (χ0) is 11.6. The third-order valence-electron chi connectivity index (χ3n) is 2.51. The predicted octanol–water partition coefficient (Wildman–Crippen LogP) is -0.137. The lowest BCUT2D eigenvalue weighted by atomic mass is 10.2. The quantitative estimate of drug-likeness (QED) is 0.797. The van der Waals surface area contributed by atoms with Crippen LogP contribution in [0.15, 0.2) is 23.9 Å². The van der Waals surface area contributed by atoms with Gasteiger partial charge in [0.15, 0.2) is 9.84 Å². The lowest BCUT2D eigenvalue weighted by molar-refractivity contribution is 0.591. The molecule has 16 heavy (non-hydrogen) atoms. The fraction of sp³-hybridized carbons (Fsp3) is 0.500. The number of aromatic nitrogens is 2. The second kappa shape index (κ2) is 4.39. The van der Waals surface area contributed by atoms with Crippen molar-refractivity contribution >= 4 is 9.84 Å². The van der Waals surface area contributed by atoms with Crippen molar-refractivity contribution in [2.45, 2.75) is 12.5 Å². The van der Waals surface area contributed by atoms with Gasteiger partial charge in [0.25, 0.3) is 0 Å². The van der Waals surface area contributed by atoms with E-state index in [1.807, 2.05) is 19.4 Å². The van der Waals surface area contributed by atoms with Crippen LogP contribution in [0.4, 0.5) is 0 Å². The van der Waals surface area contributed by atoms with Crippen molar-refractivity contribution in [1.29, 1.82) is 0 Å². The van der Waals surface area contributed by atoms with Gasteiger partial charge in [0.2, 0.25) is 0 Å². The van der Waals surface area contributed by atoms with Crippen LogP contribution in [0.5, 0.6) is 0 Å². The zero-order valence-electron chi connectivity index (χ0n) is 9.13. The van der Waals surface area contributed by atoms with Crippen molar-refractivity contribution in [3.8, 4) is 0 Å². The molecule has 1 aromatic heterocycles. The van der Waals surface area contributed by atoms with Crippen molar-refractivity contribution < 1.29 is 8.42 Å². The first kappa shape index (κ1) is 11.3. The molecule has 1 aliphatic rings. The van der Waals surface area contributed by atoms with Gasteiger partial charge in [0.1, 0.15) is 0 Å². The standard InChI is InChI=1S/C10H15N3O2S/c1-13-7-9(6-12-13)2-4-11-10-3-5-16(14,15)8-10/h3,5-7,10-11H,2,4,8H2,1H3. The smallest absolute Gasteiger partial charge is 0.173 e. The third-order valence-corrected chi connectivity index (χ3v) is 3.90. The molecule has 1 atom stereocenters. The lowest BCUT2D eigenvalue weighted by Crippen LogP contribution is -2.31. The van der Waals surface area contributed by atoms with Crippen molar-refractivity contribution in [2.75, 3.05) is 12.3 Å². The van der Waals surface area contributed by atoms with E-state index in [1.165, 1.54) is 5.41 Å². The summed E-state index contributed by atoms with van der Waals surface area (Å²) >= 11 is 0. The van der Waals surface area contributed by atoms with Gasteiger partial charge < -0.3 is 5.32 Å². The fourth-order valence-corrected chi connectivity index (χ4v) is 2.98. The minimum Gasteiger partial charge on any atom is -0.309 e. The molecule has 1 aromatic rings. The van der Waals surface area contributed by atoms with E-state index in [0.717, 1.165) is 18.5 Å². The van der Waals surface area contributed by atoms with Crippen LogP contribution in [-0.4, -0.2) is 36.5 Å². The van der Waals surface area contributed by atoms with Gasteiger partial charge in [-0.25, -0.2) is 8.42 Å². The molecule has 0 aromatic carbocycles. The Morgan fingerprint density at radius 2 is 2.44 bits per heavy atom. The number of sulfone groups is 1. The maximum Gasteiger partial charge on any atom is 0.173 e. The first-order valence-corrected chi connectivity index (χ1v) is 6.88. The Bertz CT molecular complexity index is 490. The van der Waals surface area contributed by atoms with Crippen LogP contribution >= 0.6 is 0 Å². The highest BCUT2D eigenvalue weighted by Gasteiger charge is 2.20. The number of hydrogen-bond donors (Lipinski definition) is 1. The Balaban J connectivity index is 1.76. The van der Waals surface area contributed by atoms with Crippen LogP contribution in [0.3, 0.4) is 0 Å². The number of hydrogen-bond acceptors (Lipinski definition) is 4. The first-order valence-electron chi connectivity index (χ1n) is 5.17. The van der Waals surface area contributed by atoms with Gasteiger partial charge in [-0.3, -0.25) is 4.68 Å². The van der Waals surface area contributed by atoms with E-state index in [0.29, 0.717) is 0 Å². The predicted molar refractivity (Wildman–Crippen MR) is 61.6 cm³/mol. The Labute approximate surface area is 95.1 Å². The molecule has 0 aliphatic carbocycles. The monoisotopic (exact) mass is 241 g/mol. The topological polar surface area (TPSA) is 64.0 Å². The molecule has 1 aliphatic heterocycles. The highest BCUT2D eigenvalue weighted by Crippen LogP contribution is 2.07. The van der Waals surface area contributed by atoms with E-state index >= 15 is 0 Å². The summed E-state index contributed by atoms with van der Waals surface area (Å²) in [6.45, 7) is 0.760. The van der Waals surface area contributed by atoms with E-state index < -0.39 is 9.84 Å².